The molecule has 0 saturated heterocycles. The summed E-state index contributed by atoms with van der Waals surface area (Å²) in [5, 5.41) is 9.04. The van der Waals surface area contributed by atoms with E-state index in [1.807, 2.05) is 13.0 Å². The lowest BCUT2D eigenvalue weighted by atomic mass is 9.86. The Morgan fingerprint density at radius 1 is 1.25 bits per heavy atom. The molecule has 1 saturated carbocycles. The molecule has 1 N–H and O–H groups in total. The minimum Gasteiger partial charge on any atom is -0.493 e. The average Bonchev–Trinajstić information content (AvgIpc) is 2.61. The van der Waals surface area contributed by atoms with Gasteiger partial charge in [-0.1, -0.05) is 25.5 Å². The summed E-state index contributed by atoms with van der Waals surface area (Å²) < 4.78 is 40.0. The Morgan fingerprint density at radius 3 is 2.46 bits per heavy atom. The average molecular weight is 390 g/mol. The number of carbonyl (C=O) groups is 1. The highest BCUT2D eigenvalue weighted by Crippen LogP contribution is 2.35. The molecule has 1 atom stereocenters. The van der Waals surface area contributed by atoms with Gasteiger partial charge in [-0.15, -0.1) is 0 Å². The van der Waals surface area contributed by atoms with Crippen LogP contribution in [-0.4, -0.2) is 23.8 Å². The van der Waals surface area contributed by atoms with Crippen molar-refractivity contribution in [2.75, 3.05) is 6.61 Å². The summed E-state index contributed by atoms with van der Waals surface area (Å²) in [6.45, 7) is 4.07. The lowest BCUT2D eigenvalue weighted by Crippen LogP contribution is -2.26. The van der Waals surface area contributed by atoms with E-state index in [-0.39, 0.29) is 6.42 Å². The van der Waals surface area contributed by atoms with Gasteiger partial charge in [0.25, 0.3) is 0 Å². The smallest absolute Gasteiger partial charge is 0.344 e. The molecule has 0 bridgehead atoms. The summed E-state index contributed by atoms with van der Waals surface area (Å²) in [7, 11) is 0. The summed E-state index contributed by atoms with van der Waals surface area (Å²) in [5.74, 6) is -2.53. The second kappa shape index (κ2) is 8.59. The number of halogens is 2. The maximum atomic E-state index is 14.5. The van der Waals surface area contributed by atoms with Gasteiger partial charge >= 0.3 is 5.97 Å². The second-order valence-corrected chi connectivity index (χ2v) is 7.16. The van der Waals surface area contributed by atoms with Crippen molar-refractivity contribution in [2.45, 2.75) is 45.6 Å². The van der Waals surface area contributed by atoms with Crippen molar-refractivity contribution in [3.05, 3.63) is 47.5 Å². The van der Waals surface area contributed by atoms with E-state index in [2.05, 4.69) is 0 Å². The van der Waals surface area contributed by atoms with Crippen LogP contribution in [0.1, 0.15) is 38.2 Å². The lowest BCUT2D eigenvalue weighted by Gasteiger charge is -2.25. The fourth-order valence-corrected chi connectivity index (χ4v) is 3.23. The van der Waals surface area contributed by atoms with Gasteiger partial charge in [0.15, 0.2) is 23.5 Å². The Kier molecular flexibility index (Phi) is 6.17. The number of hydrogen-bond acceptors (Lipinski definition) is 3. The predicted molar refractivity (Wildman–Crippen MR) is 102 cm³/mol. The Balaban J connectivity index is 1.86. The highest BCUT2D eigenvalue weighted by molar-refractivity contribution is 5.73. The number of benzene rings is 2. The maximum Gasteiger partial charge on any atom is 0.344 e. The third kappa shape index (κ3) is 4.26. The van der Waals surface area contributed by atoms with Gasteiger partial charge in [0.2, 0.25) is 0 Å². The van der Waals surface area contributed by atoms with Gasteiger partial charge in [-0.2, -0.15) is 0 Å². The normalized spacial score (nSPS) is 15.0. The van der Waals surface area contributed by atoms with Crippen LogP contribution in [0.2, 0.25) is 0 Å². The summed E-state index contributed by atoms with van der Waals surface area (Å²) >= 11 is 0. The van der Waals surface area contributed by atoms with Crippen molar-refractivity contribution >= 4 is 5.97 Å². The van der Waals surface area contributed by atoms with E-state index in [0.29, 0.717) is 29.4 Å². The molecule has 2 aromatic carbocycles. The molecule has 0 amide bonds. The zero-order chi connectivity index (χ0) is 20.3. The molecule has 1 aliphatic rings. The molecule has 1 unspecified atom stereocenters. The molecular formula is C22H24F2O4. The van der Waals surface area contributed by atoms with Crippen molar-refractivity contribution in [1.82, 2.24) is 0 Å². The quantitative estimate of drug-likeness (QED) is 0.659. The molecule has 0 radical (unpaired) electrons. The van der Waals surface area contributed by atoms with Gasteiger partial charge in [0.05, 0.1) is 6.61 Å². The van der Waals surface area contributed by atoms with Crippen LogP contribution in [0.15, 0.2) is 30.3 Å². The molecule has 0 aromatic heterocycles. The Morgan fingerprint density at radius 2 is 1.93 bits per heavy atom. The monoisotopic (exact) mass is 390 g/mol. The van der Waals surface area contributed by atoms with Crippen LogP contribution < -0.4 is 9.47 Å². The Labute approximate surface area is 163 Å². The molecule has 1 fully saturated rings. The molecule has 2 aromatic rings. The van der Waals surface area contributed by atoms with E-state index in [1.54, 1.807) is 19.1 Å². The Hall–Kier alpha value is -2.63. The number of carboxylic acid groups (broad SMARTS) is 1. The van der Waals surface area contributed by atoms with Crippen molar-refractivity contribution in [1.29, 1.82) is 0 Å². The second-order valence-electron chi connectivity index (χ2n) is 7.16. The van der Waals surface area contributed by atoms with E-state index in [9.17, 15) is 13.6 Å². The molecule has 0 heterocycles. The molecule has 28 heavy (non-hydrogen) atoms. The van der Waals surface area contributed by atoms with Crippen LogP contribution >= 0.6 is 0 Å². The summed E-state index contributed by atoms with van der Waals surface area (Å²) in [5.41, 5.74) is 1.80. The number of aliphatic carboxylic acids is 1. The van der Waals surface area contributed by atoms with Gasteiger partial charge < -0.3 is 14.6 Å². The minimum absolute atomic E-state index is 0.0927. The highest BCUT2D eigenvalue weighted by atomic mass is 19.1. The largest absolute Gasteiger partial charge is 0.493 e. The van der Waals surface area contributed by atoms with Gasteiger partial charge in [-0.05, 0) is 67.0 Å². The van der Waals surface area contributed by atoms with Crippen LogP contribution in [0, 0.1) is 24.5 Å². The molecule has 150 valence electrons. The molecule has 6 heteroatoms. The topological polar surface area (TPSA) is 55.8 Å². The van der Waals surface area contributed by atoms with Crippen molar-refractivity contribution in [3.63, 3.8) is 0 Å². The van der Waals surface area contributed by atoms with Crippen LogP contribution in [0.5, 0.6) is 11.5 Å². The van der Waals surface area contributed by atoms with Gasteiger partial charge in [-0.3, -0.25) is 0 Å². The summed E-state index contributed by atoms with van der Waals surface area (Å²) in [6.07, 6.45) is 2.37. The van der Waals surface area contributed by atoms with Gasteiger partial charge in [0, 0.05) is 0 Å². The van der Waals surface area contributed by atoms with E-state index in [4.69, 9.17) is 14.6 Å². The van der Waals surface area contributed by atoms with Gasteiger partial charge in [0.1, 0.15) is 5.75 Å². The summed E-state index contributed by atoms with van der Waals surface area (Å²) in [6, 6.07) is 7.72. The van der Waals surface area contributed by atoms with Crippen LogP contribution in [0.4, 0.5) is 8.78 Å². The summed E-state index contributed by atoms with van der Waals surface area (Å²) in [4.78, 5) is 11.1. The molecular weight excluding hydrogens is 366 g/mol. The zero-order valence-corrected chi connectivity index (χ0v) is 16.0. The Bertz CT molecular complexity index is 839. The highest BCUT2D eigenvalue weighted by Gasteiger charge is 2.23. The first-order chi connectivity index (χ1) is 13.4. The first kappa shape index (κ1) is 20.1. The standard InChI is InChI=1S/C22H24F2O4/c1-3-19(22(25)26)28-21-17(23)10-15(11-18(21)24)16-8-5-9-20(13(16)2)27-12-14-6-4-7-14/h5,8-11,14,19H,3-4,6-7,12H2,1-2H3,(H,25,26). The van der Waals surface area contributed by atoms with Crippen LogP contribution in [-0.2, 0) is 4.79 Å². The zero-order valence-electron chi connectivity index (χ0n) is 16.0. The molecule has 3 rings (SSSR count). The number of rotatable bonds is 8. The van der Waals surface area contributed by atoms with Crippen molar-refractivity contribution in [3.8, 4) is 22.6 Å². The maximum absolute atomic E-state index is 14.5. The predicted octanol–water partition coefficient (Wildman–Crippen LogP) is 5.36. The van der Waals surface area contributed by atoms with E-state index in [1.165, 1.54) is 19.3 Å². The van der Waals surface area contributed by atoms with E-state index < -0.39 is 29.5 Å². The first-order valence-corrected chi connectivity index (χ1v) is 9.52. The van der Waals surface area contributed by atoms with Crippen molar-refractivity contribution in [2.24, 2.45) is 5.92 Å². The van der Waals surface area contributed by atoms with Crippen LogP contribution in [0.3, 0.4) is 0 Å². The van der Waals surface area contributed by atoms with Gasteiger partial charge in [-0.25, -0.2) is 13.6 Å². The third-order valence-corrected chi connectivity index (χ3v) is 5.20. The fourth-order valence-electron chi connectivity index (χ4n) is 3.23. The van der Waals surface area contributed by atoms with E-state index >= 15 is 0 Å². The number of ether oxygens (including phenoxy) is 2. The minimum atomic E-state index is -1.31. The van der Waals surface area contributed by atoms with Crippen LogP contribution in [0.25, 0.3) is 11.1 Å². The lowest BCUT2D eigenvalue weighted by molar-refractivity contribution is -0.145. The molecule has 4 nitrogen and oxygen atoms in total. The molecule has 0 spiro atoms. The number of carboxylic acids is 1. The third-order valence-electron chi connectivity index (χ3n) is 5.20. The fraction of sp³-hybridized carbons (Fsp3) is 0.409. The molecule has 1 aliphatic carbocycles. The molecule has 0 aliphatic heterocycles. The SMILES string of the molecule is CCC(Oc1c(F)cc(-c2cccc(OCC3CCC3)c2C)cc1F)C(=O)O. The number of hydrogen-bond donors (Lipinski definition) is 1. The van der Waals surface area contributed by atoms with Crippen molar-refractivity contribution < 1.29 is 28.2 Å². The first-order valence-electron chi connectivity index (χ1n) is 9.52. The van der Waals surface area contributed by atoms with E-state index in [0.717, 1.165) is 17.7 Å².